The van der Waals surface area contributed by atoms with E-state index < -0.39 is 5.91 Å². The standard InChI is InChI=1S/C23H19N7O3S/c1-28-22(32)18-8-13(6-7-29-18)12-34-23-17(10-25)20(16(9-24)21(27)30-23)14-2-4-15(5-3-14)33-11-19(26)31/h2-8H,11-12H2,1H3,(H2,26,31)(H2,27,30)(H,28,32). The zero-order valence-electron chi connectivity index (χ0n) is 18.0. The SMILES string of the molecule is CNC(=O)c1cc(CSc2nc(N)c(C#N)c(-c3ccc(OCC(N)=O)cc3)c2C#N)ccn1. The first kappa shape index (κ1) is 24.0. The highest BCUT2D eigenvalue weighted by atomic mass is 32.2. The lowest BCUT2D eigenvalue weighted by Crippen LogP contribution is -2.19. The summed E-state index contributed by atoms with van der Waals surface area (Å²) >= 11 is 1.25. The monoisotopic (exact) mass is 473 g/mol. The molecule has 0 bridgehead atoms. The van der Waals surface area contributed by atoms with Gasteiger partial charge in [0.25, 0.3) is 11.8 Å². The normalized spacial score (nSPS) is 10.1. The number of nitriles is 2. The number of primary amides is 1. The van der Waals surface area contributed by atoms with Crippen LogP contribution in [0, 0.1) is 22.7 Å². The van der Waals surface area contributed by atoms with Gasteiger partial charge in [0.1, 0.15) is 40.0 Å². The number of pyridine rings is 2. The number of nitrogens with zero attached hydrogens (tertiary/aromatic N) is 4. The Hall–Kier alpha value is -4.61. The summed E-state index contributed by atoms with van der Waals surface area (Å²) in [4.78, 5) is 31.1. The van der Waals surface area contributed by atoms with E-state index >= 15 is 0 Å². The third kappa shape index (κ3) is 5.41. The maximum atomic E-state index is 11.8. The van der Waals surface area contributed by atoms with Crippen LogP contribution >= 0.6 is 11.8 Å². The van der Waals surface area contributed by atoms with Crippen molar-refractivity contribution in [3.63, 3.8) is 0 Å². The number of carbonyl (C=O) groups is 2. The maximum absolute atomic E-state index is 11.8. The van der Waals surface area contributed by atoms with E-state index in [0.29, 0.717) is 27.7 Å². The number of hydrogen-bond acceptors (Lipinski definition) is 9. The summed E-state index contributed by atoms with van der Waals surface area (Å²) in [5, 5.41) is 22.5. The minimum Gasteiger partial charge on any atom is -0.484 e. The van der Waals surface area contributed by atoms with Crippen molar-refractivity contribution < 1.29 is 14.3 Å². The molecule has 0 aliphatic rings. The first-order valence-electron chi connectivity index (χ1n) is 9.83. The van der Waals surface area contributed by atoms with Crippen LogP contribution in [0.3, 0.4) is 0 Å². The van der Waals surface area contributed by atoms with E-state index in [0.717, 1.165) is 5.56 Å². The van der Waals surface area contributed by atoms with E-state index in [1.807, 2.05) is 6.07 Å². The average Bonchev–Trinajstić information content (AvgIpc) is 2.85. The van der Waals surface area contributed by atoms with Crippen LogP contribution in [0.5, 0.6) is 5.75 Å². The Morgan fingerprint density at radius 1 is 1.15 bits per heavy atom. The number of nitrogen functional groups attached to an aromatic ring is 1. The summed E-state index contributed by atoms with van der Waals surface area (Å²) in [5.41, 5.74) is 13.4. The fraction of sp³-hybridized carbons (Fsp3) is 0.130. The molecule has 0 saturated heterocycles. The van der Waals surface area contributed by atoms with Crippen LogP contribution < -0.4 is 21.5 Å². The van der Waals surface area contributed by atoms with Gasteiger partial charge in [-0.2, -0.15) is 10.5 Å². The summed E-state index contributed by atoms with van der Waals surface area (Å²) < 4.78 is 5.26. The number of anilines is 1. The summed E-state index contributed by atoms with van der Waals surface area (Å²) in [7, 11) is 1.52. The lowest BCUT2D eigenvalue weighted by Gasteiger charge is -2.13. The van der Waals surface area contributed by atoms with Gasteiger partial charge in [-0.05, 0) is 35.4 Å². The molecule has 0 saturated carbocycles. The Morgan fingerprint density at radius 2 is 1.85 bits per heavy atom. The minimum absolute atomic E-state index is 0.00571. The van der Waals surface area contributed by atoms with Gasteiger partial charge in [0.05, 0.1) is 5.56 Å². The van der Waals surface area contributed by atoms with E-state index in [4.69, 9.17) is 16.2 Å². The van der Waals surface area contributed by atoms with Crippen LogP contribution in [0.1, 0.15) is 27.2 Å². The van der Waals surface area contributed by atoms with Gasteiger partial charge in [0.2, 0.25) is 0 Å². The Labute approximate surface area is 199 Å². The number of benzene rings is 1. The van der Waals surface area contributed by atoms with Gasteiger partial charge >= 0.3 is 0 Å². The van der Waals surface area contributed by atoms with Gasteiger partial charge in [0.15, 0.2) is 6.61 Å². The quantitative estimate of drug-likeness (QED) is 0.412. The van der Waals surface area contributed by atoms with Crippen molar-refractivity contribution in [1.82, 2.24) is 15.3 Å². The molecule has 11 heteroatoms. The van der Waals surface area contributed by atoms with Crippen LogP contribution in [0.2, 0.25) is 0 Å². The molecule has 3 rings (SSSR count). The second-order valence-electron chi connectivity index (χ2n) is 6.85. The molecule has 2 amide bonds. The molecular weight excluding hydrogens is 454 g/mol. The van der Waals surface area contributed by atoms with E-state index in [2.05, 4.69) is 21.4 Å². The minimum atomic E-state index is -0.608. The van der Waals surface area contributed by atoms with Crippen molar-refractivity contribution in [2.45, 2.75) is 10.8 Å². The fourth-order valence-corrected chi connectivity index (χ4v) is 3.97. The molecule has 0 aliphatic heterocycles. The molecule has 3 aromatic rings. The van der Waals surface area contributed by atoms with E-state index in [1.165, 1.54) is 25.0 Å². The van der Waals surface area contributed by atoms with E-state index in [1.54, 1.807) is 36.4 Å². The molecule has 1 aromatic carbocycles. The number of nitrogens with two attached hydrogens (primary N) is 2. The molecule has 0 aliphatic carbocycles. The lowest BCUT2D eigenvalue weighted by molar-refractivity contribution is -0.119. The smallest absolute Gasteiger partial charge is 0.269 e. The number of aromatic nitrogens is 2. The molecule has 2 heterocycles. The first-order chi connectivity index (χ1) is 16.4. The predicted molar refractivity (Wildman–Crippen MR) is 125 cm³/mol. The molecule has 10 nitrogen and oxygen atoms in total. The molecule has 34 heavy (non-hydrogen) atoms. The van der Waals surface area contributed by atoms with Gasteiger partial charge in [-0.15, -0.1) is 11.8 Å². The number of carbonyl (C=O) groups excluding carboxylic acids is 2. The maximum Gasteiger partial charge on any atom is 0.269 e. The van der Waals surface area contributed by atoms with Gasteiger partial charge < -0.3 is 21.5 Å². The van der Waals surface area contributed by atoms with Crippen molar-refractivity contribution in [2.75, 3.05) is 19.4 Å². The molecule has 0 spiro atoms. The molecule has 0 radical (unpaired) electrons. The van der Waals surface area contributed by atoms with Crippen LogP contribution in [-0.4, -0.2) is 35.4 Å². The van der Waals surface area contributed by atoms with Crippen molar-refractivity contribution in [3.8, 4) is 29.0 Å². The third-order valence-electron chi connectivity index (χ3n) is 4.60. The van der Waals surface area contributed by atoms with Crippen LogP contribution in [0.15, 0.2) is 47.6 Å². The highest BCUT2D eigenvalue weighted by Gasteiger charge is 2.21. The van der Waals surface area contributed by atoms with Crippen molar-refractivity contribution in [3.05, 3.63) is 65.0 Å². The molecule has 0 unspecified atom stereocenters. The Morgan fingerprint density at radius 3 is 2.47 bits per heavy atom. The number of nitrogens with one attached hydrogen (secondary N) is 1. The number of hydrogen-bond donors (Lipinski definition) is 3. The van der Waals surface area contributed by atoms with Crippen LogP contribution in [0.25, 0.3) is 11.1 Å². The zero-order valence-corrected chi connectivity index (χ0v) is 18.8. The second kappa shape index (κ2) is 10.8. The summed E-state index contributed by atoms with van der Waals surface area (Å²) in [6.45, 7) is -0.272. The first-order valence-corrected chi connectivity index (χ1v) is 10.8. The highest BCUT2D eigenvalue weighted by molar-refractivity contribution is 7.98. The van der Waals surface area contributed by atoms with Gasteiger partial charge in [-0.25, -0.2) is 4.98 Å². The average molecular weight is 474 g/mol. The highest BCUT2D eigenvalue weighted by Crippen LogP contribution is 2.37. The summed E-state index contributed by atoms with van der Waals surface area (Å²) in [5.74, 6) is -0.132. The van der Waals surface area contributed by atoms with Gasteiger partial charge in [0, 0.05) is 24.6 Å². The fourth-order valence-electron chi connectivity index (χ4n) is 3.03. The van der Waals surface area contributed by atoms with Gasteiger partial charge in [-0.1, -0.05) is 12.1 Å². The second-order valence-corrected chi connectivity index (χ2v) is 7.81. The number of thioether (sulfide) groups is 1. The topological polar surface area (TPSA) is 181 Å². The number of amides is 2. The summed E-state index contributed by atoms with van der Waals surface area (Å²) in [6.07, 6.45) is 1.53. The third-order valence-corrected chi connectivity index (χ3v) is 5.65. The van der Waals surface area contributed by atoms with Gasteiger partial charge in [-0.3, -0.25) is 14.6 Å². The van der Waals surface area contributed by atoms with Crippen molar-refractivity contribution >= 4 is 29.4 Å². The lowest BCUT2D eigenvalue weighted by atomic mass is 9.97. The number of rotatable bonds is 8. The van der Waals surface area contributed by atoms with Crippen LogP contribution in [0.4, 0.5) is 5.82 Å². The van der Waals surface area contributed by atoms with Crippen molar-refractivity contribution in [2.24, 2.45) is 5.73 Å². The van der Waals surface area contributed by atoms with E-state index in [-0.39, 0.29) is 35.2 Å². The summed E-state index contributed by atoms with van der Waals surface area (Å²) in [6, 6.07) is 14.1. The van der Waals surface area contributed by atoms with Crippen LogP contribution in [-0.2, 0) is 10.5 Å². The van der Waals surface area contributed by atoms with Crippen molar-refractivity contribution in [1.29, 1.82) is 10.5 Å². The largest absolute Gasteiger partial charge is 0.484 e. The number of ether oxygens (including phenoxy) is 1. The molecule has 5 N–H and O–H groups in total. The molecule has 2 aromatic heterocycles. The molecular formula is C23H19N7O3S. The molecule has 170 valence electrons. The Balaban J connectivity index is 1.97. The Kier molecular flexibility index (Phi) is 7.64. The molecule has 0 fully saturated rings. The zero-order chi connectivity index (χ0) is 24.7. The Bertz CT molecular complexity index is 1330. The van der Waals surface area contributed by atoms with E-state index in [9.17, 15) is 20.1 Å². The molecule has 0 atom stereocenters. The predicted octanol–water partition coefficient (Wildman–Crippen LogP) is 1.99.